The number of rotatable bonds is 8. The predicted molar refractivity (Wildman–Crippen MR) is 108 cm³/mol. The van der Waals surface area contributed by atoms with Crippen molar-refractivity contribution in [2.45, 2.75) is 13.0 Å². The van der Waals surface area contributed by atoms with E-state index in [0.29, 0.717) is 17.9 Å². The number of carbonyl (C=O) groups is 3. The maximum Gasteiger partial charge on any atom is 0.343 e. The summed E-state index contributed by atoms with van der Waals surface area (Å²) in [5.41, 5.74) is 0.425. The summed E-state index contributed by atoms with van der Waals surface area (Å²) in [6, 6.07) is 10.6. The molecule has 160 valence electrons. The summed E-state index contributed by atoms with van der Waals surface area (Å²) in [7, 11) is 4.22. The second kappa shape index (κ2) is 10.7. The summed E-state index contributed by atoms with van der Waals surface area (Å²) in [5.74, 6) is -0.970. The number of amides is 3. The normalized spacial score (nSPS) is 11.1. The lowest BCUT2D eigenvalue weighted by Gasteiger charge is -2.19. The van der Waals surface area contributed by atoms with E-state index in [9.17, 15) is 14.4 Å². The Bertz CT molecular complexity index is 900. The molecule has 2 aromatic rings. The monoisotopic (exact) mass is 416 g/mol. The standard InChI is InChI=1S/C21H24N2O7/c1-5-22-21(26)23-19(24)16(13-9-7-6-8-10-13)30-20(25)14-11-12-15(27-2)18(29-4)17(14)28-3/h6-12,16H,5H2,1-4H3,(H2,22,23,24,26)/t16-/m0/s1. The molecule has 0 aliphatic carbocycles. The molecule has 0 saturated heterocycles. The van der Waals surface area contributed by atoms with Crippen LogP contribution in [0.2, 0.25) is 0 Å². The van der Waals surface area contributed by atoms with Crippen LogP contribution in [0, 0.1) is 0 Å². The van der Waals surface area contributed by atoms with Gasteiger partial charge in [-0.1, -0.05) is 30.3 Å². The van der Waals surface area contributed by atoms with E-state index in [0.717, 1.165) is 0 Å². The minimum Gasteiger partial charge on any atom is -0.493 e. The van der Waals surface area contributed by atoms with Crippen LogP contribution >= 0.6 is 0 Å². The third kappa shape index (κ3) is 5.19. The van der Waals surface area contributed by atoms with Gasteiger partial charge in [0.1, 0.15) is 5.56 Å². The molecule has 9 nitrogen and oxygen atoms in total. The minimum absolute atomic E-state index is 0.0295. The van der Waals surface area contributed by atoms with Gasteiger partial charge in [0.15, 0.2) is 11.5 Å². The van der Waals surface area contributed by atoms with Crippen molar-refractivity contribution < 1.29 is 33.3 Å². The van der Waals surface area contributed by atoms with E-state index in [1.54, 1.807) is 37.3 Å². The number of methoxy groups -OCH3 is 3. The SMILES string of the molecule is CCNC(=O)NC(=O)[C@@H](OC(=O)c1ccc(OC)c(OC)c1OC)c1ccccc1. The number of ether oxygens (including phenoxy) is 4. The molecule has 3 amide bonds. The van der Waals surface area contributed by atoms with Crippen molar-refractivity contribution in [3.8, 4) is 17.2 Å². The maximum atomic E-state index is 12.9. The molecule has 2 rings (SSSR count). The van der Waals surface area contributed by atoms with Gasteiger partial charge in [0, 0.05) is 12.1 Å². The third-order valence-electron chi connectivity index (χ3n) is 4.06. The highest BCUT2D eigenvalue weighted by molar-refractivity contribution is 6.00. The summed E-state index contributed by atoms with van der Waals surface area (Å²) in [5, 5.41) is 4.62. The Hall–Kier alpha value is -3.75. The fraction of sp³-hybridized carbons (Fsp3) is 0.286. The van der Waals surface area contributed by atoms with E-state index in [2.05, 4.69) is 10.6 Å². The molecule has 2 N–H and O–H groups in total. The molecule has 0 aliphatic heterocycles. The Labute approximate surface area is 174 Å². The van der Waals surface area contributed by atoms with Crippen molar-refractivity contribution in [3.63, 3.8) is 0 Å². The highest BCUT2D eigenvalue weighted by Crippen LogP contribution is 2.40. The summed E-state index contributed by atoms with van der Waals surface area (Å²) >= 11 is 0. The Balaban J connectivity index is 2.37. The van der Waals surface area contributed by atoms with Gasteiger partial charge in [0.2, 0.25) is 11.9 Å². The lowest BCUT2D eigenvalue weighted by Crippen LogP contribution is -2.42. The quantitative estimate of drug-likeness (QED) is 0.636. The highest BCUT2D eigenvalue weighted by Gasteiger charge is 2.29. The molecular formula is C21H24N2O7. The molecule has 0 aromatic heterocycles. The van der Waals surface area contributed by atoms with Crippen molar-refractivity contribution in [1.82, 2.24) is 10.6 Å². The summed E-state index contributed by atoms with van der Waals surface area (Å²) < 4.78 is 21.3. The first-order valence-corrected chi connectivity index (χ1v) is 9.10. The lowest BCUT2D eigenvalue weighted by molar-refractivity contribution is -0.129. The van der Waals surface area contributed by atoms with Crippen molar-refractivity contribution in [3.05, 3.63) is 53.6 Å². The van der Waals surface area contributed by atoms with Crippen LogP contribution in [0.4, 0.5) is 4.79 Å². The number of hydrogen-bond donors (Lipinski definition) is 2. The zero-order valence-electron chi connectivity index (χ0n) is 17.2. The van der Waals surface area contributed by atoms with Crippen LogP contribution < -0.4 is 24.8 Å². The molecule has 0 unspecified atom stereocenters. The first kappa shape index (κ1) is 22.5. The van der Waals surface area contributed by atoms with E-state index >= 15 is 0 Å². The number of esters is 1. The molecule has 9 heteroatoms. The average Bonchev–Trinajstić information content (AvgIpc) is 2.76. The van der Waals surface area contributed by atoms with Gasteiger partial charge in [-0.05, 0) is 19.1 Å². The van der Waals surface area contributed by atoms with Gasteiger partial charge in [-0.2, -0.15) is 0 Å². The number of imide groups is 1. The molecule has 2 aromatic carbocycles. The summed E-state index contributed by atoms with van der Waals surface area (Å²) in [6.07, 6.45) is -1.36. The molecule has 1 atom stereocenters. The molecule has 0 aliphatic rings. The largest absolute Gasteiger partial charge is 0.493 e. The molecule has 0 radical (unpaired) electrons. The van der Waals surface area contributed by atoms with Gasteiger partial charge in [-0.25, -0.2) is 9.59 Å². The van der Waals surface area contributed by atoms with E-state index in [1.807, 2.05) is 0 Å². The van der Waals surface area contributed by atoms with Crippen LogP contribution in [0.1, 0.15) is 28.9 Å². The zero-order chi connectivity index (χ0) is 22.1. The van der Waals surface area contributed by atoms with Crippen LogP contribution in [0.3, 0.4) is 0 Å². The number of nitrogens with one attached hydrogen (secondary N) is 2. The number of urea groups is 1. The van der Waals surface area contributed by atoms with E-state index in [4.69, 9.17) is 18.9 Å². The lowest BCUT2D eigenvalue weighted by atomic mass is 10.1. The van der Waals surface area contributed by atoms with E-state index < -0.39 is 24.0 Å². The highest BCUT2D eigenvalue weighted by atomic mass is 16.6. The Kier molecular flexibility index (Phi) is 8.04. The van der Waals surface area contributed by atoms with Gasteiger partial charge < -0.3 is 24.3 Å². The van der Waals surface area contributed by atoms with E-state index in [-0.39, 0.29) is 17.1 Å². The smallest absolute Gasteiger partial charge is 0.343 e. The fourth-order valence-corrected chi connectivity index (χ4v) is 2.72. The van der Waals surface area contributed by atoms with Crippen LogP contribution in [-0.4, -0.2) is 45.8 Å². The van der Waals surface area contributed by atoms with Crippen LogP contribution in [0.25, 0.3) is 0 Å². The Morgan fingerprint density at radius 1 is 0.900 bits per heavy atom. The second-order valence-electron chi connectivity index (χ2n) is 5.93. The molecule has 0 heterocycles. The zero-order valence-corrected chi connectivity index (χ0v) is 17.2. The fourth-order valence-electron chi connectivity index (χ4n) is 2.72. The topological polar surface area (TPSA) is 112 Å². The van der Waals surface area contributed by atoms with Crippen LogP contribution in [-0.2, 0) is 9.53 Å². The van der Waals surface area contributed by atoms with Gasteiger partial charge in [0.25, 0.3) is 5.91 Å². The van der Waals surface area contributed by atoms with Gasteiger partial charge in [0.05, 0.1) is 21.3 Å². The van der Waals surface area contributed by atoms with Gasteiger partial charge in [-0.3, -0.25) is 10.1 Å². The van der Waals surface area contributed by atoms with Crippen LogP contribution in [0.5, 0.6) is 17.2 Å². The Morgan fingerprint density at radius 2 is 1.57 bits per heavy atom. The molecule has 0 spiro atoms. The predicted octanol–water partition coefficient (Wildman–Crippen LogP) is 2.46. The number of carbonyl (C=O) groups excluding carboxylic acids is 3. The third-order valence-corrected chi connectivity index (χ3v) is 4.06. The minimum atomic E-state index is -1.36. The van der Waals surface area contributed by atoms with Crippen molar-refractivity contribution in [1.29, 1.82) is 0 Å². The van der Waals surface area contributed by atoms with Crippen molar-refractivity contribution in [2.24, 2.45) is 0 Å². The molecule has 0 fully saturated rings. The summed E-state index contributed by atoms with van der Waals surface area (Å²) in [4.78, 5) is 37.3. The first-order valence-electron chi connectivity index (χ1n) is 9.10. The summed E-state index contributed by atoms with van der Waals surface area (Å²) in [6.45, 7) is 2.04. The average molecular weight is 416 g/mol. The van der Waals surface area contributed by atoms with E-state index in [1.165, 1.54) is 33.5 Å². The number of benzene rings is 2. The molecular weight excluding hydrogens is 392 g/mol. The Morgan fingerprint density at radius 3 is 2.13 bits per heavy atom. The van der Waals surface area contributed by atoms with Crippen molar-refractivity contribution in [2.75, 3.05) is 27.9 Å². The van der Waals surface area contributed by atoms with Crippen molar-refractivity contribution >= 4 is 17.9 Å². The molecule has 30 heavy (non-hydrogen) atoms. The number of hydrogen-bond acceptors (Lipinski definition) is 7. The molecule has 0 bridgehead atoms. The second-order valence-corrected chi connectivity index (χ2v) is 5.93. The van der Waals surface area contributed by atoms with Gasteiger partial charge in [-0.15, -0.1) is 0 Å². The van der Waals surface area contributed by atoms with Crippen LogP contribution in [0.15, 0.2) is 42.5 Å². The maximum absolute atomic E-state index is 12.9. The van der Waals surface area contributed by atoms with Gasteiger partial charge >= 0.3 is 12.0 Å². The first-order chi connectivity index (χ1) is 14.5. The molecule has 0 saturated carbocycles.